The summed E-state index contributed by atoms with van der Waals surface area (Å²) in [4.78, 5) is 23.0. The van der Waals surface area contributed by atoms with Crippen LogP contribution in [0.2, 0.25) is 0 Å². The van der Waals surface area contributed by atoms with Gasteiger partial charge in [-0.15, -0.1) is 0 Å². The second-order valence-corrected chi connectivity index (χ2v) is 6.27. The van der Waals surface area contributed by atoms with Crippen LogP contribution in [-0.2, 0) is 13.6 Å². The highest BCUT2D eigenvalue weighted by atomic mass is 16.2. The third-order valence-electron chi connectivity index (χ3n) is 4.01. The molecule has 2 aromatic heterocycles. The summed E-state index contributed by atoms with van der Waals surface area (Å²) >= 11 is 0. The highest BCUT2D eigenvalue weighted by Crippen LogP contribution is 2.17. The van der Waals surface area contributed by atoms with Gasteiger partial charge in [0.25, 0.3) is 5.91 Å². The molecule has 24 heavy (non-hydrogen) atoms. The topological polar surface area (TPSA) is 63.9 Å². The minimum Gasteiger partial charge on any atom is -0.336 e. The first-order chi connectivity index (χ1) is 11.5. The summed E-state index contributed by atoms with van der Waals surface area (Å²) < 4.78 is 1.65. The molecule has 0 fully saturated rings. The van der Waals surface area contributed by atoms with Gasteiger partial charge in [-0.3, -0.25) is 19.4 Å². The molecule has 0 atom stereocenters. The number of amides is 1. The Morgan fingerprint density at radius 2 is 1.88 bits per heavy atom. The maximum absolute atomic E-state index is 12.7. The molecule has 0 unspecified atom stereocenters. The van der Waals surface area contributed by atoms with Crippen molar-refractivity contribution in [1.29, 1.82) is 0 Å². The number of nitrogens with zero attached hydrogens (tertiary/aromatic N) is 5. The second-order valence-electron chi connectivity index (χ2n) is 6.27. The first kappa shape index (κ1) is 16.1. The van der Waals surface area contributed by atoms with Gasteiger partial charge in [-0.25, -0.2) is 0 Å². The van der Waals surface area contributed by atoms with Gasteiger partial charge in [0.2, 0.25) is 0 Å². The fourth-order valence-corrected chi connectivity index (χ4v) is 2.62. The second kappa shape index (κ2) is 6.39. The summed E-state index contributed by atoms with van der Waals surface area (Å²) in [7, 11) is 3.60. The highest BCUT2D eigenvalue weighted by molar-refractivity contribution is 5.92. The summed E-state index contributed by atoms with van der Waals surface area (Å²) in [5.74, 6) is 0.248. The van der Waals surface area contributed by atoms with Crippen molar-refractivity contribution >= 4 is 16.9 Å². The van der Waals surface area contributed by atoms with E-state index in [1.807, 2.05) is 24.3 Å². The number of hydrogen-bond acceptors (Lipinski definition) is 4. The van der Waals surface area contributed by atoms with Gasteiger partial charge in [0.15, 0.2) is 0 Å². The lowest BCUT2D eigenvalue weighted by molar-refractivity contribution is 0.0774. The van der Waals surface area contributed by atoms with Crippen LogP contribution in [0, 0.1) is 0 Å². The SMILES string of the molecule is CC(C)c1cc(C(=O)N(C)Cc2ccc3nccnc3c2)n(C)n1. The smallest absolute Gasteiger partial charge is 0.272 e. The Kier molecular flexibility index (Phi) is 4.29. The molecule has 0 bridgehead atoms. The molecule has 0 aliphatic heterocycles. The van der Waals surface area contributed by atoms with Gasteiger partial charge < -0.3 is 4.90 Å². The number of carbonyl (C=O) groups excluding carboxylic acids is 1. The molecule has 1 aromatic carbocycles. The predicted octanol–water partition coefficient (Wildman–Crippen LogP) is 2.76. The first-order valence-electron chi connectivity index (χ1n) is 7.94. The average molecular weight is 323 g/mol. The number of hydrogen-bond donors (Lipinski definition) is 0. The van der Waals surface area contributed by atoms with Crippen LogP contribution in [0.1, 0.15) is 41.5 Å². The van der Waals surface area contributed by atoms with Crippen molar-refractivity contribution in [2.75, 3.05) is 7.05 Å². The Morgan fingerprint density at radius 1 is 1.17 bits per heavy atom. The van der Waals surface area contributed by atoms with Crippen LogP contribution in [-0.4, -0.2) is 37.6 Å². The zero-order valence-corrected chi connectivity index (χ0v) is 14.4. The van der Waals surface area contributed by atoms with E-state index >= 15 is 0 Å². The molecule has 3 aromatic rings. The van der Waals surface area contributed by atoms with E-state index in [2.05, 4.69) is 28.9 Å². The van der Waals surface area contributed by atoms with Crippen LogP contribution in [0.15, 0.2) is 36.7 Å². The lowest BCUT2D eigenvalue weighted by atomic mass is 10.1. The molecule has 6 heteroatoms. The fraction of sp³-hybridized carbons (Fsp3) is 0.333. The monoisotopic (exact) mass is 323 g/mol. The summed E-state index contributed by atoms with van der Waals surface area (Å²) in [6, 6.07) is 7.74. The number of benzene rings is 1. The number of carbonyl (C=O) groups is 1. The zero-order valence-electron chi connectivity index (χ0n) is 14.4. The molecule has 3 rings (SSSR count). The third kappa shape index (κ3) is 3.13. The van der Waals surface area contributed by atoms with Crippen LogP contribution in [0.5, 0.6) is 0 Å². The average Bonchev–Trinajstić information content (AvgIpc) is 2.96. The molecule has 0 aliphatic carbocycles. The molecule has 0 N–H and O–H groups in total. The van der Waals surface area contributed by atoms with E-state index in [-0.39, 0.29) is 5.91 Å². The van der Waals surface area contributed by atoms with Crippen molar-refractivity contribution in [2.24, 2.45) is 7.05 Å². The van der Waals surface area contributed by atoms with Crippen LogP contribution >= 0.6 is 0 Å². The van der Waals surface area contributed by atoms with Gasteiger partial charge >= 0.3 is 0 Å². The lowest BCUT2D eigenvalue weighted by Crippen LogP contribution is -2.28. The molecule has 6 nitrogen and oxygen atoms in total. The van der Waals surface area contributed by atoms with Crippen molar-refractivity contribution in [3.63, 3.8) is 0 Å². The Hall–Kier alpha value is -2.76. The Morgan fingerprint density at radius 3 is 2.54 bits per heavy atom. The van der Waals surface area contributed by atoms with Gasteiger partial charge in [-0.1, -0.05) is 19.9 Å². The van der Waals surface area contributed by atoms with Crippen molar-refractivity contribution in [3.05, 3.63) is 53.6 Å². The number of aromatic nitrogens is 4. The molecule has 0 spiro atoms. The molecule has 124 valence electrons. The van der Waals surface area contributed by atoms with E-state index in [0.29, 0.717) is 18.2 Å². The fourth-order valence-electron chi connectivity index (χ4n) is 2.62. The van der Waals surface area contributed by atoms with Gasteiger partial charge in [-0.2, -0.15) is 5.10 Å². The minimum absolute atomic E-state index is 0.0452. The van der Waals surface area contributed by atoms with Crippen LogP contribution < -0.4 is 0 Å². The lowest BCUT2D eigenvalue weighted by Gasteiger charge is -2.17. The van der Waals surface area contributed by atoms with E-state index in [0.717, 1.165) is 22.3 Å². The quantitative estimate of drug-likeness (QED) is 0.740. The van der Waals surface area contributed by atoms with Crippen molar-refractivity contribution in [3.8, 4) is 0 Å². The summed E-state index contributed by atoms with van der Waals surface area (Å²) in [6.45, 7) is 4.64. The molecule has 2 heterocycles. The van der Waals surface area contributed by atoms with E-state index < -0.39 is 0 Å². The maximum atomic E-state index is 12.7. The third-order valence-corrected chi connectivity index (χ3v) is 4.01. The van der Waals surface area contributed by atoms with E-state index in [1.54, 1.807) is 36.1 Å². The molecular weight excluding hydrogens is 302 g/mol. The Labute approximate surface area is 141 Å². The van der Waals surface area contributed by atoms with E-state index in [4.69, 9.17) is 0 Å². The number of fused-ring (bicyclic) bond motifs is 1. The molecular formula is C18H21N5O. The van der Waals surface area contributed by atoms with E-state index in [9.17, 15) is 4.79 Å². The summed E-state index contributed by atoms with van der Waals surface area (Å²) in [5, 5.41) is 4.41. The number of rotatable bonds is 4. The predicted molar refractivity (Wildman–Crippen MR) is 92.6 cm³/mol. The first-order valence-corrected chi connectivity index (χ1v) is 7.94. The Balaban J connectivity index is 1.80. The van der Waals surface area contributed by atoms with E-state index in [1.165, 1.54) is 0 Å². The normalized spacial score (nSPS) is 11.2. The van der Waals surface area contributed by atoms with Crippen molar-refractivity contribution in [1.82, 2.24) is 24.6 Å². The van der Waals surface area contributed by atoms with Crippen molar-refractivity contribution < 1.29 is 4.79 Å². The molecule has 0 saturated carbocycles. The molecule has 0 saturated heterocycles. The van der Waals surface area contributed by atoms with Gasteiger partial charge in [0, 0.05) is 33.0 Å². The molecule has 1 amide bonds. The van der Waals surface area contributed by atoms with Crippen LogP contribution in [0.3, 0.4) is 0 Å². The zero-order chi connectivity index (χ0) is 17.3. The van der Waals surface area contributed by atoms with Crippen LogP contribution in [0.25, 0.3) is 11.0 Å². The Bertz CT molecular complexity index is 884. The van der Waals surface area contributed by atoms with Gasteiger partial charge in [0.1, 0.15) is 5.69 Å². The highest BCUT2D eigenvalue weighted by Gasteiger charge is 2.18. The summed E-state index contributed by atoms with van der Waals surface area (Å²) in [5.41, 5.74) is 4.23. The minimum atomic E-state index is -0.0452. The maximum Gasteiger partial charge on any atom is 0.272 e. The molecule has 0 aliphatic rings. The van der Waals surface area contributed by atoms with Crippen molar-refractivity contribution in [2.45, 2.75) is 26.3 Å². The number of aryl methyl sites for hydroxylation is 1. The summed E-state index contributed by atoms with van der Waals surface area (Å²) in [6.07, 6.45) is 3.34. The van der Waals surface area contributed by atoms with Gasteiger partial charge in [0.05, 0.1) is 16.7 Å². The van der Waals surface area contributed by atoms with Crippen LogP contribution in [0.4, 0.5) is 0 Å². The largest absolute Gasteiger partial charge is 0.336 e. The van der Waals surface area contributed by atoms with Gasteiger partial charge in [-0.05, 0) is 29.7 Å². The standard InChI is InChI=1S/C18H21N5O/c1-12(2)15-10-17(23(4)21-15)18(24)22(3)11-13-5-6-14-16(9-13)20-8-7-19-14/h5-10,12H,11H2,1-4H3. The molecule has 0 radical (unpaired) electrons.